The summed E-state index contributed by atoms with van der Waals surface area (Å²) in [5, 5.41) is 0.423. The highest BCUT2D eigenvalue weighted by Gasteiger charge is 2.54. The minimum atomic E-state index is -3.99. The Bertz CT molecular complexity index is 1360. The van der Waals surface area contributed by atoms with Crippen LogP contribution in [0.25, 0.3) is 0 Å². The lowest BCUT2D eigenvalue weighted by Crippen LogP contribution is -2.61. The Morgan fingerprint density at radius 3 is 2.33 bits per heavy atom. The lowest BCUT2D eigenvalue weighted by Gasteiger charge is -2.54. The third kappa shape index (κ3) is 4.54. The molecule has 0 bridgehead atoms. The summed E-state index contributed by atoms with van der Waals surface area (Å²) in [6, 6.07) is 8.34. The molecule has 2 saturated heterocycles. The maximum Gasteiger partial charge on any atom is 0.233 e. The van der Waals surface area contributed by atoms with Crippen molar-refractivity contribution < 1.29 is 22.3 Å². The number of anilines is 1. The summed E-state index contributed by atoms with van der Waals surface area (Å²) in [6.07, 6.45) is 6.00. The predicted molar refractivity (Wildman–Crippen MR) is 152 cm³/mol. The number of nitrogens with zero attached hydrogens (tertiary/aromatic N) is 1. The number of fused-ring (bicyclic) bond motifs is 1. The normalized spacial score (nSPS) is 26.6. The Morgan fingerprint density at radius 2 is 1.72 bits per heavy atom. The lowest BCUT2D eigenvalue weighted by molar-refractivity contribution is -0.136. The van der Waals surface area contributed by atoms with Crippen molar-refractivity contribution in [1.29, 1.82) is 0 Å². The molecule has 39 heavy (non-hydrogen) atoms. The van der Waals surface area contributed by atoms with Crippen molar-refractivity contribution in [3.63, 3.8) is 0 Å². The van der Waals surface area contributed by atoms with E-state index in [0.717, 1.165) is 25.7 Å². The first kappa shape index (κ1) is 28.6. The molecule has 2 aliphatic heterocycles. The fourth-order valence-corrected chi connectivity index (χ4v) is 9.61. The van der Waals surface area contributed by atoms with E-state index in [1.807, 2.05) is 13.8 Å². The highest BCUT2D eigenvalue weighted by atomic mass is 35.5. The van der Waals surface area contributed by atoms with Gasteiger partial charge in [0.15, 0.2) is 9.84 Å². The first-order valence-corrected chi connectivity index (χ1v) is 15.7. The number of benzene rings is 2. The topological polar surface area (TPSA) is 63.7 Å². The van der Waals surface area contributed by atoms with Crippen molar-refractivity contribution >= 4 is 44.6 Å². The van der Waals surface area contributed by atoms with Gasteiger partial charge in [0.25, 0.3) is 0 Å². The van der Waals surface area contributed by atoms with Crippen LogP contribution in [0.1, 0.15) is 57.9 Å². The van der Waals surface area contributed by atoms with Crippen LogP contribution in [-0.2, 0) is 24.1 Å². The molecule has 2 aromatic rings. The summed E-state index contributed by atoms with van der Waals surface area (Å²) >= 11 is 12.8. The van der Waals surface area contributed by atoms with Gasteiger partial charge in [0.05, 0.1) is 21.6 Å². The van der Waals surface area contributed by atoms with Gasteiger partial charge in [0, 0.05) is 23.7 Å². The molecule has 3 atom stereocenters. The van der Waals surface area contributed by atoms with Crippen LogP contribution < -0.4 is 4.90 Å². The fourth-order valence-electron chi connectivity index (χ4n) is 7.10. The molecule has 1 saturated carbocycles. The maximum atomic E-state index is 16.3. The van der Waals surface area contributed by atoms with Gasteiger partial charge >= 0.3 is 0 Å². The zero-order valence-electron chi connectivity index (χ0n) is 22.3. The average Bonchev–Trinajstić information content (AvgIpc) is 2.92. The number of ether oxygens (including phenoxy) is 1. The van der Waals surface area contributed by atoms with Gasteiger partial charge < -0.3 is 9.64 Å². The molecule has 5 nitrogen and oxygen atoms in total. The lowest BCUT2D eigenvalue weighted by atomic mass is 9.59. The van der Waals surface area contributed by atoms with E-state index >= 15 is 4.39 Å². The molecule has 0 spiro atoms. The van der Waals surface area contributed by atoms with Crippen molar-refractivity contribution in [3.8, 4) is 0 Å². The van der Waals surface area contributed by atoms with Crippen LogP contribution in [0.15, 0.2) is 53.9 Å². The van der Waals surface area contributed by atoms with Crippen LogP contribution in [-0.4, -0.2) is 33.6 Å². The smallest absolute Gasteiger partial charge is 0.233 e. The second-order valence-electron chi connectivity index (χ2n) is 11.5. The van der Waals surface area contributed by atoms with E-state index in [9.17, 15) is 13.2 Å². The zero-order valence-corrected chi connectivity index (χ0v) is 24.6. The van der Waals surface area contributed by atoms with Gasteiger partial charge in [-0.05, 0) is 79.5 Å². The molecule has 0 radical (unpaired) electrons. The molecule has 1 amide bonds. The second kappa shape index (κ2) is 10.5. The number of piperidine rings is 1. The minimum absolute atomic E-state index is 0.00688. The molecule has 3 unspecified atom stereocenters. The standard InChI is InChI=1S/C30H34Cl2FNO4S/c1-4-26-22-7-5-6-8-23(22)29(2,3)28(35)34(26)27-24(32)17-19(18-25(27)33)30(13-15-38-16-14-30)39(36,37)21-11-9-20(31)10-12-21/h4,9-12,17-18,22-23,26H,1,5-8,13-16H2,2-3H3. The Morgan fingerprint density at radius 1 is 1.08 bits per heavy atom. The first-order valence-electron chi connectivity index (χ1n) is 13.5. The van der Waals surface area contributed by atoms with E-state index in [0.29, 0.717) is 5.02 Å². The van der Waals surface area contributed by atoms with Gasteiger partial charge in [-0.2, -0.15) is 0 Å². The van der Waals surface area contributed by atoms with Crippen LogP contribution in [0.4, 0.5) is 10.1 Å². The summed E-state index contributed by atoms with van der Waals surface area (Å²) < 4.78 is 48.5. The largest absolute Gasteiger partial charge is 0.381 e. The van der Waals surface area contributed by atoms with Gasteiger partial charge in [-0.1, -0.05) is 56.0 Å². The monoisotopic (exact) mass is 593 g/mol. The molecule has 2 aromatic carbocycles. The Hall–Kier alpha value is -1.93. The van der Waals surface area contributed by atoms with E-state index in [2.05, 4.69) is 6.58 Å². The molecule has 5 rings (SSSR count). The van der Waals surface area contributed by atoms with Crippen molar-refractivity contribution in [1.82, 2.24) is 0 Å². The van der Waals surface area contributed by atoms with E-state index in [4.69, 9.17) is 27.9 Å². The molecule has 3 aliphatic rings. The molecule has 3 fully saturated rings. The summed E-state index contributed by atoms with van der Waals surface area (Å²) in [6.45, 7) is 8.27. The van der Waals surface area contributed by atoms with Gasteiger partial charge in [-0.3, -0.25) is 4.79 Å². The SMILES string of the molecule is C=CC1C2CCCCC2C(C)(C)C(=O)N1c1c(F)cc(C2(S(=O)(=O)c3ccc(Cl)cc3)CCOCC2)cc1Cl. The Balaban J connectivity index is 1.63. The van der Waals surface area contributed by atoms with E-state index in [-0.39, 0.29) is 65.0 Å². The quantitative estimate of drug-likeness (QED) is 0.340. The highest BCUT2D eigenvalue weighted by Crippen LogP contribution is 2.53. The van der Waals surface area contributed by atoms with Crippen LogP contribution in [0.5, 0.6) is 0 Å². The zero-order chi connectivity index (χ0) is 28.2. The van der Waals surface area contributed by atoms with Crippen LogP contribution in [0.2, 0.25) is 10.0 Å². The number of hydrogen-bond acceptors (Lipinski definition) is 4. The van der Waals surface area contributed by atoms with Gasteiger partial charge in [0.2, 0.25) is 5.91 Å². The molecular weight excluding hydrogens is 560 g/mol. The summed E-state index contributed by atoms with van der Waals surface area (Å²) in [5.41, 5.74) is -0.459. The molecule has 210 valence electrons. The molecule has 1 aliphatic carbocycles. The van der Waals surface area contributed by atoms with Crippen molar-refractivity contribution in [3.05, 3.63) is 70.5 Å². The third-order valence-electron chi connectivity index (χ3n) is 9.22. The minimum Gasteiger partial charge on any atom is -0.381 e. The number of halogens is 3. The van der Waals surface area contributed by atoms with Gasteiger partial charge in [-0.15, -0.1) is 6.58 Å². The number of hydrogen-bond donors (Lipinski definition) is 0. The summed E-state index contributed by atoms with van der Waals surface area (Å²) in [7, 11) is -3.99. The molecular formula is C30H34Cl2FNO4S. The number of carbonyl (C=O) groups is 1. The summed E-state index contributed by atoms with van der Waals surface area (Å²) in [5.74, 6) is -0.598. The molecule has 2 heterocycles. The number of sulfone groups is 1. The Kier molecular flexibility index (Phi) is 7.68. The predicted octanol–water partition coefficient (Wildman–Crippen LogP) is 7.35. The average molecular weight is 595 g/mol. The second-order valence-corrected chi connectivity index (χ2v) is 14.6. The Labute approximate surface area is 240 Å². The van der Waals surface area contributed by atoms with E-state index in [1.54, 1.807) is 6.08 Å². The highest BCUT2D eigenvalue weighted by molar-refractivity contribution is 7.92. The fraction of sp³-hybridized carbons (Fsp3) is 0.500. The number of carbonyl (C=O) groups excluding carboxylic acids is 1. The van der Waals surface area contributed by atoms with Crippen molar-refractivity contribution in [2.75, 3.05) is 18.1 Å². The maximum absolute atomic E-state index is 16.3. The molecule has 0 N–H and O–H groups in total. The van der Waals surface area contributed by atoms with Crippen LogP contribution >= 0.6 is 23.2 Å². The van der Waals surface area contributed by atoms with Crippen LogP contribution in [0, 0.1) is 23.1 Å². The van der Waals surface area contributed by atoms with Crippen molar-refractivity contribution in [2.45, 2.75) is 68.1 Å². The van der Waals surface area contributed by atoms with Gasteiger partial charge in [0.1, 0.15) is 10.6 Å². The van der Waals surface area contributed by atoms with Gasteiger partial charge in [-0.25, -0.2) is 12.8 Å². The number of rotatable bonds is 5. The molecule has 9 heteroatoms. The third-order valence-corrected chi connectivity index (χ3v) is 12.3. The van der Waals surface area contributed by atoms with Crippen LogP contribution in [0.3, 0.4) is 0 Å². The first-order chi connectivity index (χ1) is 18.5. The molecule has 0 aromatic heterocycles. The number of amides is 1. The van der Waals surface area contributed by atoms with E-state index in [1.165, 1.54) is 41.3 Å². The summed E-state index contributed by atoms with van der Waals surface area (Å²) in [4.78, 5) is 15.5. The van der Waals surface area contributed by atoms with Crippen molar-refractivity contribution in [2.24, 2.45) is 17.3 Å². The van der Waals surface area contributed by atoms with E-state index < -0.39 is 31.9 Å².